The van der Waals surface area contributed by atoms with Gasteiger partial charge < -0.3 is 14.7 Å². The lowest BCUT2D eigenvalue weighted by Crippen LogP contribution is -2.52. The van der Waals surface area contributed by atoms with E-state index in [4.69, 9.17) is 0 Å². The number of nitro groups is 1. The molecule has 5 rings (SSSR count). The zero-order valence-electron chi connectivity index (χ0n) is 18.5. The summed E-state index contributed by atoms with van der Waals surface area (Å²) in [6.07, 6.45) is 0. The number of fused-ring (bicyclic) bond motifs is 1. The van der Waals surface area contributed by atoms with Crippen molar-refractivity contribution in [3.05, 3.63) is 106 Å². The van der Waals surface area contributed by atoms with Crippen molar-refractivity contribution in [3.8, 4) is 0 Å². The molecule has 172 valence electrons. The molecule has 34 heavy (non-hydrogen) atoms. The Balaban J connectivity index is 1.34. The third kappa shape index (κ3) is 3.98. The molecule has 0 aromatic heterocycles. The van der Waals surface area contributed by atoms with Gasteiger partial charge in [0.2, 0.25) is 5.91 Å². The molecule has 0 spiro atoms. The molecule has 2 aliphatic heterocycles. The van der Waals surface area contributed by atoms with Crippen molar-refractivity contribution in [1.82, 2.24) is 9.80 Å². The number of nitro benzene ring substituents is 1. The van der Waals surface area contributed by atoms with Gasteiger partial charge in [-0.05, 0) is 29.3 Å². The molecular weight excluding hydrogens is 432 g/mol. The van der Waals surface area contributed by atoms with Gasteiger partial charge in [-0.1, -0.05) is 48.5 Å². The summed E-state index contributed by atoms with van der Waals surface area (Å²) in [5.41, 5.74) is 3.33. The van der Waals surface area contributed by atoms with E-state index >= 15 is 0 Å². The number of carbonyl (C=O) groups excluding carboxylic acids is 2. The lowest BCUT2D eigenvalue weighted by molar-refractivity contribution is -0.384. The van der Waals surface area contributed by atoms with Crippen LogP contribution < -0.4 is 4.90 Å². The first-order valence-corrected chi connectivity index (χ1v) is 11.2. The van der Waals surface area contributed by atoms with Gasteiger partial charge in [-0.25, -0.2) is 0 Å². The Morgan fingerprint density at radius 3 is 2.15 bits per heavy atom. The molecule has 1 atom stereocenters. The number of hydrogen-bond acceptors (Lipinski definition) is 5. The van der Waals surface area contributed by atoms with E-state index in [0.717, 1.165) is 16.8 Å². The van der Waals surface area contributed by atoms with E-state index < -0.39 is 11.0 Å². The van der Waals surface area contributed by atoms with Crippen molar-refractivity contribution < 1.29 is 14.5 Å². The molecule has 1 fully saturated rings. The number of carbonyl (C=O) groups is 2. The monoisotopic (exact) mass is 456 g/mol. The van der Waals surface area contributed by atoms with Crippen LogP contribution in [0.15, 0.2) is 78.9 Å². The maximum Gasteiger partial charge on any atom is 0.269 e. The smallest absolute Gasteiger partial charge is 0.269 e. The van der Waals surface area contributed by atoms with Crippen LogP contribution in [0.5, 0.6) is 0 Å². The Hall–Kier alpha value is -4.20. The number of non-ortho nitro benzene ring substituents is 1. The number of nitrogens with zero attached hydrogens (tertiary/aromatic N) is 4. The van der Waals surface area contributed by atoms with Crippen LogP contribution in [0.2, 0.25) is 0 Å². The van der Waals surface area contributed by atoms with E-state index in [2.05, 4.69) is 4.90 Å². The number of benzene rings is 3. The summed E-state index contributed by atoms with van der Waals surface area (Å²) in [6.45, 7) is 2.64. The minimum atomic E-state index is -0.688. The maximum absolute atomic E-state index is 13.8. The average molecular weight is 457 g/mol. The van der Waals surface area contributed by atoms with Gasteiger partial charge in [0.15, 0.2) is 0 Å². The molecule has 0 aliphatic carbocycles. The van der Waals surface area contributed by atoms with Gasteiger partial charge in [0.1, 0.15) is 6.04 Å². The summed E-state index contributed by atoms with van der Waals surface area (Å²) in [4.78, 5) is 43.1. The minimum absolute atomic E-state index is 0.0551. The first-order chi connectivity index (χ1) is 16.5. The maximum atomic E-state index is 13.8. The first kappa shape index (κ1) is 21.6. The molecular formula is C26H24N4O4. The van der Waals surface area contributed by atoms with Crippen LogP contribution >= 0.6 is 0 Å². The number of piperazine rings is 1. The highest BCUT2D eigenvalue weighted by atomic mass is 16.6. The predicted octanol–water partition coefficient (Wildman–Crippen LogP) is 3.64. The average Bonchev–Trinajstić information content (AvgIpc) is 3.21. The number of anilines is 1. The van der Waals surface area contributed by atoms with Crippen molar-refractivity contribution >= 4 is 23.2 Å². The van der Waals surface area contributed by atoms with Crippen LogP contribution in [-0.2, 0) is 11.3 Å². The van der Waals surface area contributed by atoms with Crippen molar-refractivity contribution in [2.45, 2.75) is 12.6 Å². The Morgan fingerprint density at radius 1 is 0.853 bits per heavy atom. The fraction of sp³-hybridized carbons (Fsp3) is 0.231. The lowest BCUT2D eigenvalue weighted by Gasteiger charge is -2.39. The van der Waals surface area contributed by atoms with Gasteiger partial charge >= 0.3 is 0 Å². The normalized spacial score (nSPS) is 16.4. The largest absolute Gasteiger partial charge is 0.368 e. The van der Waals surface area contributed by atoms with Crippen molar-refractivity contribution in [2.24, 2.45) is 0 Å². The molecule has 1 unspecified atom stereocenters. The molecule has 3 aromatic rings. The minimum Gasteiger partial charge on any atom is -0.368 e. The van der Waals surface area contributed by atoms with E-state index in [9.17, 15) is 19.7 Å². The second kappa shape index (κ2) is 8.97. The molecule has 8 heteroatoms. The molecule has 3 aromatic carbocycles. The summed E-state index contributed by atoms with van der Waals surface area (Å²) in [7, 11) is 0. The SMILES string of the molecule is O=C(C(c1ccccc1)N1Cc2ccccc2C1=O)N1CCN(c2ccc([N+](=O)[O-])cc2)CC1. The van der Waals surface area contributed by atoms with E-state index in [1.165, 1.54) is 12.1 Å². The van der Waals surface area contributed by atoms with Crippen molar-refractivity contribution in [2.75, 3.05) is 31.1 Å². The standard InChI is InChI=1S/C26H24N4O4/c31-25-23-9-5-4-8-20(23)18-29(25)24(19-6-2-1-3-7-19)26(32)28-16-14-27(15-17-28)21-10-12-22(13-11-21)30(33)34/h1-13,24H,14-18H2. The molecule has 2 amide bonds. The number of hydrogen-bond donors (Lipinski definition) is 0. The highest BCUT2D eigenvalue weighted by Crippen LogP contribution is 2.33. The van der Waals surface area contributed by atoms with Crippen LogP contribution in [0.25, 0.3) is 0 Å². The fourth-order valence-electron chi connectivity index (χ4n) is 4.72. The summed E-state index contributed by atoms with van der Waals surface area (Å²) in [5.74, 6) is -0.210. The second-order valence-corrected chi connectivity index (χ2v) is 8.49. The van der Waals surface area contributed by atoms with Crippen LogP contribution in [0.4, 0.5) is 11.4 Å². The first-order valence-electron chi connectivity index (χ1n) is 11.2. The van der Waals surface area contributed by atoms with Gasteiger partial charge in [-0.15, -0.1) is 0 Å². The molecule has 0 bridgehead atoms. The van der Waals surface area contributed by atoms with Gasteiger partial charge in [0.05, 0.1) is 4.92 Å². The molecule has 0 saturated carbocycles. The highest BCUT2D eigenvalue weighted by molar-refractivity contribution is 6.01. The number of amides is 2. The van der Waals surface area contributed by atoms with Gasteiger partial charge in [-0.2, -0.15) is 0 Å². The van der Waals surface area contributed by atoms with Gasteiger partial charge in [0, 0.05) is 56.1 Å². The Morgan fingerprint density at radius 2 is 1.50 bits per heavy atom. The Kier molecular flexibility index (Phi) is 5.71. The number of rotatable bonds is 5. The van der Waals surface area contributed by atoms with E-state index in [1.54, 1.807) is 17.0 Å². The Labute approximate surface area is 197 Å². The summed E-state index contributed by atoms with van der Waals surface area (Å²) in [6, 6.07) is 22.7. The van der Waals surface area contributed by atoms with Gasteiger partial charge in [-0.3, -0.25) is 19.7 Å². The topological polar surface area (TPSA) is 87.0 Å². The molecule has 2 aliphatic rings. The summed E-state index contributed by atoms with van der Waals surface area (Å²) in [5, 5.41) is 10.9. The summed E-state index contributed by atoms with van der Waals surface area (Å²) < 4.78 is 0. The lowest BCUT2D eigenvalue weighted by atomic mass is 10.0. The van der Waals surface area contributed by atoms with Crippen molar-refractivity contribution in [3.63, 3.8) is 0 Å². The fourth-order valence-corrected chi connectivity index (χ4v) is 4.72. The second-order valence-electron chi connectivity index (χ2n) is 8.49. The molecule has 0 N–H and O–H groups in total. The summed E-state index contributed by atoms with van der Waals surface area (Å²) >= 11 is 0. The van der Waals surface area contributed by atoms with Crippen LogP contribution in [-0.4, -0.2) is 52.7 Å². The molecule has 1 saturated heterocycles. The van der Waals surface area contributed by atoms with Crippen molar-refractivity contribution in [1.29, 1.82) is 0 Å². The molecule has 2 heterocycles. The molecule has 0 radical (unpaired) electrons. The van der Waals surface area contributed by atoms with Crippen LogP contribution in [0, 0.1) is 10.1 Å². The van der Waals surface area contributed by atoms with Crippen LogP contribution in [0.3, 0.4) is 0 Å². The predicted molar refractivity (Wildman–Crippen MR) is 127 cm³/mol. The third-order valence-electron chi connectivity index (χ3n) is 6.53. The highest BCUT2D eigenvalue weighted by Gasteiger charge is 2.39. The third-order valence-corrected chi connectivity index (χ3v) is 6.53. The Bertz CT molecular complexity index is 1220. The zero-order valence-corrected chi connectivity index (χ0v) is 18.5. The van der Waals surface area contributed by atoms with E-state index in [1.807, 2.05) is 59.5 Å². The van der Waals surface area contributed by atoms with Crippen LogP contribution in [0.1, 0.15) is 27.5 Å². The van der Waals surface area contributed by atoms with E-state index in [-0.39, 0.29) is 17.5 Å². The molecule has 8 nitrogen and oxygen atoms in total. The van der Waals surface area contributed by atoms with E-state index in [0.29, 0.717) is 38.3 Å². The van der Waals surface area contributed by atoms with Gasteiger partial charge in [0.25, 0.3) is 11.6 Å². The quantitative estimate of drug-likeness (QED) is 0.432. The zero-order chi connectivity index (χ0) is 23.7.